The van der Waals surface area contributed by atoms with Crippen molar-refractivity contribution in [1.29, 1.82) is 0 Å². The molecule has 6 nitrogen and oxygen atoms in total. The lowest BCUT2D eigenvalue weighted by molar-refractivity contribution is -0.166. The van der Waals surface area contributed by atoms with Crippen LogP contribution in [-0.2, 0) is 19.9 Å². The number of H-pyrrole nitrogens is 1. The zero-order chi connectivity index (χ0) is 24.6. The second-order valence-electron chi connectivity index (χ2n) is 9.69. The molecule has 0 unspecified atom stereocenters. The van der Waals surface area contributed by atoms with Gasteiger partial charge in [0.15, 0.2) is 5.54 Å². The Kier molecular flexibility index (Phi) is 6.73. The molecule has 5 rings (SSSR count). The number of nitrogens with one attached hydrogen (secondary N) is 1. The SMILES string of the molecule is CCCCOCCCN1CC(=O)N2C[C@@H](c3ccc(Br)cc3)c3c([nH]c4ccccc34)[C@@]2(C)C1=O. The van der Waals surface area contributed by atoms with Crippen LogP contribution in [0.4, 0.5) is 0 Å². The summed E-state index contributed by atoms with van der Waals surface area (Å²) in [6.07, 6.45) is 2.86. The van der Waals surface area contributed by atoms with Crippen LogP contribution < -0.4 is 0 Å². The van der Waals surface area contributed by atoms with Crippen molar-refractivity contribution < 1.29 is 14.3 Å². The van der Waals surface area contributed by atoms with Gasteiger partial charge in [-0.2, -0.15) is 0 Å². The zero-order valence-electron chi connectivity index (χ0n) is 20.4. The van der Waals surface area contributed by atoms with Gasteiger partial charge >= 0.3 is 0 Å². The van der Waals surface area contributed by atoms with Crippen LogP contribution in [0, 0.1) is 0 Å². The number of amides is 2. The van der Waals surface area contributed by atoms with Gasteiger partial charge in [-0.15, -0.1) is 0 Å². The van der Waals surface area contributed by atoms with Crippen LogP contribution in [0.25, 0.3) is 10.9 Å². The van der Waals surface area contributed by atoms with Crippen LogP contribution in [0.1, 0.15) is 55.8 Å². The quantitative estimate of drug-likeness (QED) is 0.403. The summed E-state index contributed by atoms with van der Waals surface area (Å²) in [5, 5.41) is 1.11. The summed E-state index contributed by atoms with van der Waals surface area (Å²) in [6.45, 7) is 6.50. The van der Waals surface area contributed by atoms with E-state index in [-0.39, 0.29) is 24.3 Å². The van der Waals surface area contributed by atoms with Gasteiger partial charge < -0.3 is 19.5 Å². The van der Waals surface area contributed by atoms with E-state index in [9.17, 15) is 9.59 Å². The second-order valence-corrected chi connectivity index (χ2v) is 10.6. The minimum absolute atomic E-state index is 0.00887. The zero-order valence-corrected chi connectivity index (χ0v) is 21.9. The van der Waals surface area contributed by atoms with E-state index in [0.717, 1.165) is 58.1 Å². The summed E-state index contributed by atoms with van der Waals surface area (Å²) in [7, 11) is 0. The number of aromatic amines is 1. The van der Waals surface area contributed by atoms with E-state index in [4.69, 9.17) is 4.74 Å². The normalized spacial score (nSPS) is 22.0. The number of rotatable bonds is 8. The first-order valence-electron chi connectivity index (χ1n) is 12.5. The van der Waals surface area contributed by atoms with Crippen molar-refractivity contribution in [3.63, 3.8) is 0 Å². The molecule has 1 saturated heterocycles. The average Bonchev–Trinajstić information content (AvgIpc) is 3.26. The number of nitrogens with zero attached hydrogens (tertiary/aromatic N) is 2. The minimum Gasteiger partial charge on any atom is -0.381 e. The van der Waals surface area contributed by atoms with Crippen molar-refractivity contribution in [2.75, 3.05) is 32.8 Å². The number of carbonyl (C=O) groups is 2. The van der Waals surface area contributed by atoms with Gasteiger partial charge in [0, 0.05) is 47.6 Å². The number of benzene rings is 2. The van der Waals surface area contributed by atoms with E-state index < -0.39 is 5.54 Å². The molecule has 0 aliphatic carbocycles. The number of piperazine rings is 1. The first-order chi connectivity index (χ1) is 16.9. The van der Waals surface area contributed by atoms with Crippen LogP contribution in [0.5, 0.6) is 0 Å². The molecule has 184 valence electrons. The number of carbonyl (C=O) groups excluding carboxylic acids is 2. The first-order valence-corrected chi connectivity index (χ1v) is 13.3. The number of para-hydroxylation sites is 1. The maximum Gasteiger partial charge on any atom is 0.254 e. The summed E-state index contributed by atoms with van der Waals surface area (Å²) >= 11 is 3.53. The van der Waals surface area contributed by atoms with Crippen LogP contribution in [0.2, 0.25) is 0 Å². The molecule has 2 aliphatic heterocycles. The van der Waals surface area contributed by atoms with Gasteiger partial charge in [-0.1, -0.05) is 59.6 Å². The third kappa shape index (κ3) is 4.19. The third-order valence-corrected chi connectivity index (χ3v) is 7.98. The highest BCUT2D eigenvalue weighted by Crippen LogP contribution is 2.48. The molecule has 1 N–H and O–H groups in total. The Morgan fingerprint density at radius 2 is 1.83 bits per heavy atom. The van der Waals surface area contributed by atoms with Crippen LogP contribution in [0.3, 0.4) is 0 Å². The van der Waals surface area contributed by atoms with Crippen molar-refractivity contribution in [2.24, 2.45) is 0 Å². The monoisotopic (exact) mass is 537 g/mol. The Morgan fingerprint density at radius 3 is 2.60 bits per heavy atom. The van der Waals surface area contributed by atoms with Gasteiger partial charge in [0.05, 0.1) is 12.2 Å². The highest BCUT2D eigenvalue weighted by atomic mass is 79.9. The first kappa shape index (κ1) is 24.1. The van der Waals surface area contributed by atoms with Gasteiger partial charge in [0.1, 0.15) is 0 Å². The lowest BCUT2D eigenvalue weighted by Crippen LogP contribution is -2.67. The molecule has 3 heterocycles. The smallest absolute Gasteiger partial charge is 0.254 e. The number of aromatic nitrogens is 1. The largest absolute Gasteiger partial charge is 0.381 e. The molecule has 2 aromatic carbocycles. The van der Waals surface area contributed by atoms with Crippen LogP contribution >= 0.6 is 15.9 Å². The molecule has 2 atom stereocenters. The van der Waals surface area contributed by atoms with Gasteiger partial charge in [-0.05, 0) is 49.1 Å². The second kappa shape index (κ2) is 9.78. The van der Waals surface area contributed by atoms with Crippen LogP contribution in [0.15, 0.2) is 53.0 Å². The fraction of sp³-hybridized carbons (Fsp3) is 0.429. The molecule has 1 fully saturated rings. The van der Waals surface area contributed by atoms with E-state index in [1.807, 2.05) is 37.3 Å². The van der Waals surface area contributed by atoms with Gasteiger partial charge in [0.25, 0.3) is 5.91 Å². The molecule has 7 heteroatoms. The number of halogens is 1. The van der Waals surface area contributed by atoms with Crippen molar-refractivity contribution in [2.45, 2.75) is 44.6 Å². The summed E-state index contributed by atoms with van der Waals surface area (Å²) in [5.74, 6) is -0.0456. The summed E-state index contributed by atoms with van der Waals surface area (Å²) in [4.78, 5) is 34.6. The molecule has 0 radical (unpaired) electrons. The fourth-order valence-corrected chi connectivity index (χ4v) is 5.82. The lowest BCUT2D eigenvalue weighted by atomic mass is 9.76. The Bertz CT molecular complexity index is 1240. The highest BCUT2D eigenvalue weighted by molar-refractivity contribution is 9.10. The Labute approximate surface area is 214 Å². The Balaban J connectivity index is 1.52. The molecule has 0 spiro atoms. The number of hydrogen-bond acceptors (Lipinski definition) is 3. The molecule has 2 aliphatic rings. The molecule has 0 saturated carbocycles. The molecule has 2 amide bonds. The topological polar surface area (TPSA) is 65.6 Å². The van der Waals surface area contributed by atoms with Gasteiger partial charge in [0.2, 0.25) is 5.91 Å². The average molecular weight is 538 g/mol. The van der Waals surface area contributed by atoms with Crippen molar-refractivity contribution >= 4 is 38.6 Å². The van der Waals surface area contributed by atoms with Crippen LogP contribution in [-0.4, -0.2) is 59.4 Å². The van der Waals surface area contributed by atoms with E-state index in [1.54, 1.807) is 9.80 Å². The standard InChI is InChI=1S/C28H32BrN3O3/c1-3-4-15-35-16-7-14-31-18-24(33)32-17-22(19-10-12-20(29)13-11-19)25-21-8-5-6-9-23(21)30-26(25)28(32,2)27(31)34/h5-6,8-13,22,30H,3-4,7,14-18H2,1-2H3/t22-,28-/m0/s1. The summed E-state index contributed by atoms with van der Waals surface area (Å²) in [5.41, 5.74) is 3.02. The summed E-state index contributed by atoms with van der Waals surface area (Å²) in [6, 6.07) is 16.4. The number of fused-ring (bicyclic) bond motifs is 5. The van der Waals surface area contributed by atoms with E-state index in [0.29, 0.717) is 19.7 Å². The maximum absolute atomic E-state index is 14.0. The lowest BCUT2D eigenvalue weighted by Gasteiger charge is -2.51. The van der Waals surface area contributed by atoms with Crippen molar-refractivity contribution in [3.05, 3.63) is 69.8 Å². The molecule has 0 bridgehead atoms. The molecular weight excluding hydrogens is 506 g/mol. The number of hydrogen-bond donors (Lipinski definition) is 1. The molecule has 35 heavy (non-hydrogen) atoms. The van der Waals surface area contributed by atoms with E-state index >= 15 is 0 Å². The number of unbranched alkanes of at least 4 members (excludes halogenated alkanes) is 1. The van der Waals surface area contributed by atoms with Crippen molar-refractivity contribution in [3.8, 4) is 0 Å². The molecule has 3 aromatic rings. The minimum atomic E-state index is -1.06. The van der Waals surface area contributed by atoms with E-state index in [1.165, 1.54) is 0 Å². The summed E-state index contributed by atoms with van der Waals surface area (Å²) < 4.78 is 6.70. The van der Waals surface area contributed by atoms with Gasteiger partial charge in [-0.25, -0.2) is 0 Å². The Morgan fingerprint density at radius 1 is 1.09 bits per heavy atom. The predicted molar refractivity (Wildman–Crippen MR) is 140 cm³/mol. The maximum atomic E-state index is 14.0. The van der Waals surface area contributed by atoms with Gasteiger partial charge in [-0.3, -0.25) is 9.59 Å². The number of ether oxygens (including phenoxy) is 1. The molecule has 1 aromatic heterocycles. The Hall–Kier alpha value is -2.64. The van der Waals surface area contributed by atoms with Crippen molar-refractivity contribution in [1.82, 2.24) is 14.8 Å². The highest BCUT2D eigenvalue weighted by Gasteiger charge is 2.56. The predicted octanol–water partition coefficient (Wildman–Crippen LogP) is 5.17. The molecular formula is C28H32BrN3O3. The van der Waals surface area contributed by atoms with E-state index in [2.05, 4.69) is 46.0 Å². The third-order valence-electron chi connectivity index (χ3n) is 7.45. The fourth-order valence-electron chi connectivity index (χ4n) is 5.56.